The average molecular weight is 248 g/mol. The maximum Gasteiger partial charge on any atom is 0.306 e. The number of aliphatic carboxylic acids is 1. The molecule has 4 heteroatoms. The molecule has 0 spiro atoms. The second-order valence-corrected chi connectivity index (χ2v) is 5.63. The fraction of sp³-hybridized carbons (Fsp3) is 0.714. The Morgan fingerprint density at radius 2 is 2.06 bits per heavy atom. The van der Waals surface area contributed by atoms with Gasteiger partial charge in [0, 0.05) is 24.6 Å². The molecule has 1 atom stereocenters. The van der Waals surface area contributed by atoms with Gasteiger partial charge in [0.25, 0.3) is 0 Å². The van der Waals surface area contributed by atoms with Crippen molar-refractivity contribution in [2.75, 3.05) is 0 Å². The Morgan fingerprint density at radius 3 is 2.78 bits per heavy atom. The molecule has 1 aliphatic heterocycles. The maximum absolute atomic E-state index is 11.1. The Hall–Kier alpha value is -1.32. The molecule has 1 fully saturated rings. The van der Waals surface area contributed by atoms with Gasteiger partial charge in [0.15, 0.2) is 0 Å². The van der Waals surface area contributed by atoms with Gasteiger partial charge in [0.05, 0.1) is 17.9 Å². The summed E-state index contributed by atoms with van der Waals surface area (Å²) < 4.78 is 2.17. The fourth-order valence-corrected chi connectivity index (χ4v) is 3.40. The lowest BCUT2D eigenvalue weighted by atomic mass is 9.84. The van der Waals surface area contributed by atoms with Crippen molar-refractivity contribution < 1.29 is 9.90 Å². The van der Waals surface area contributed by atoms with Crippen LogP contribution in [0.3, 0.4) is 0 Å². The van der Waals surface area contributed by atoms with E-state index in [0.717, 1.165) is 13.0 Å². The van der Waals surface area contributed by atoms with Crippen LogP contribution in [-0.2, 0) is 17.8 Å². The van der Waals surface area contributed by atoms with Gasteiger partial charge in [0.1, 0.15) is 0 Å². The van der Waals surface area contributed by atoms with Gasteiger partial charge in [-0.25, -0.2) is 4.98 Å². The zero-order valence-electron chi connectivity index (χ0n) is 10.6. The van der Waals surface area contributed by atoms with Crippen molar-refractivity contribution in [2.24, 2.45) is 5.92 Å². The van der Waals surface area contributed by atoms with Crippen LogP contribution >= 0.6 is 0 Å². The van der Waals surface area contributed by atoms with E-state index in [0.29, 0.717) is 12.3 Å². The van der Waals surface area contributed by atoms with Crippen LogP contribution in [-0.4, -0.2) is 20.6 Å². The van der Waals surface area contributed by atoms with Gasteiger partial charge in [-0.05, 0) is 19.3 Å². The fourth-order valence-electron chi connectivity index (χ4n) is 3.40. The molecule has 4 nitrogen and oxygen atoms in total. The third kappa shape index (κ3) is 2.04. The zero-order chi connectivity index (χ0) is 12.5. The number of carboxylic acid groups (broad SMARTS) is 1. The molecule has 1 aromatic heterocycles. The Kier molecular flexibility index (Phi) is 3.10. The van der Waals surface area contributed by atoms with Gasteiger partial charge in [-0.3, -0.25) is 4.79 Å². The molecule has 98 valence electrons. The summed E-state index contributed by atoms with van der Waals surface area (Å²) >= 11 is 0. The summed E-state index contributed by atoms with van der Waals surface area (Å²) in [6, 6.07) is 0. The first-order valence-electron chi connectivity index (χ1n) is 7.02. The SMILES string of the molecule is O=C(O)C1CCn2cnc(C3CCCCC3)c2C1. The van der Waals surface area contributed by atoms with Crippen molar-refractivity contribution in [3.05, 3.63) is 17.7 Å². The molecule has 1 aliphatic carbocycles. The quantitative estimate of drug-likeness (QED) is 0.875. The minimum Gasteiger partial charge on any atom is -0.481 e. The van der Waals surface area contributed by atoms with Crippen LogP contribution in [0.5, 0.6) is 0 Å². The molecule has 3 rings (SSSR count). The van der Waals surface area contributed by atoms with Crippen LogP contribution in [0.2, 0.25) is 0 Å². The molecule has 0 radical (unpaired) electrons. The van der Waals surface area contributed by atoms with Crippen LogP contribution in [0.1, 0.15) is 55.8 Å². The third-order valence-electron chi connectivity index (χ3n) is 4.48. The summed E-state index contributed by atoms with van der Waals surface area (Å²) in [6.07, 6.45) is 9.69. The molecule has 2 aliphatic rings. The number of hydrogen-bond acceptors (Lipinski definition) is 2. The topological polar surface area (TPSA) is 55.1 Å². The number of rotatable bonds is 2. The van der Waals surface area contributed by atoms with Crippen molar-refractivity contribution in [3.63, 3.8) is 0 Å². The van der Waals surface area contributed by atoms with Crippen molar-refractivity contribution in [1.29, 1.82) is 0 Å². The summed E-state index contributed by atoms with van der Waals surface area (Å²) in [5, 5.41) is 9.17. The Morgan fingerprint density at radius 1 is 1.28 bits per heavy atom. The minimum atomic E-state index is -0.656. The molecule has 2 heterocycles. The number of carboxylic acids is 1. The smallest absolute Gasteiger partial charge is 0.306 e. The van der Waals surface area contributed by atoms with Gasteiger partial charge in [-0.15, -0.1) is 0 Å². The highest BCUT2D eigenvalue weighted by atomic mass is 16.4. The Bertz CT molecular complexity index is 447. The standard InChI is InChI=1S/C14H20N2O2/c17-14(18)11-6-7-16-9-15-13(12(16)8-11)10-4-2-1-3-5-10/h9-11H,1-8H2,(H,17,18). The molecule has 1 aromatic rings. The molecule has 0 amide bonds. The normalized spacial score (nSPS) is 24.8. The summed E-state index contributed by atoms with van der Waals surface area (Å²) in [6.45, 7) is 0.812. The summed E-state index contributed by atoms with van der Waals surface area (Å²) in [7, 11) is 0. The lowest BCUT2D eigenvalue weighted by molar-refractivity contribution is -0.142. The van der Waals surface area contributed by atoms with E-state index in [1.165, 1.54) is 43.5 Å². The molecule has 1 N–H and O–H groups in total. The first-order chi connectivity index (χ1) is 8.75. The Balaban J connectivity index is 1.84. The molecule has 1 unspecified atom stereocenters. The van der Waals surface area contributed by atoms with Crippen LogP contribution in [0.4, 0.5) is 0 Å². The summed E-state index contributed by atoms with van der Waals surface area (Å²) in [5.74, 6) is -0.295. The predicted octanol–water partition coefficient (Wildman–Crippen LogP) is 2.58. The Labute approximate surface area is 107 Å². The maximum atomic E-state index is 11.1. The minimum absolute atomic E-state index is 0.212. The van der Waals surface area contributed by atoms with Crippen molar-refractivity contribution in [3.8, 4) is 0 Å². The van der Waals surface area contributed by atoms with E-state index in [-0.39, 0.29) is 5.92 Å². The number of aryl methyl sites for hydroxylation is 1. The number of nitrogens with zero attached hydrogens (tertiary/aromatic N) is 2. The van der Waals surface area contributed by atoms with E-state index in [4.69, 9.17) is 0 Å². The van der Waals surface area contributed by atoms with Gasteiger partial charge < -0.3 is 9.67 Å². The lowest BCUT2D eigenvalue weighted by Crippen LogP contribution is -2.26. The third-order valence-corrected chi connectivity index (χ3v) is 4.48. The van der Waals surface area contributed by atoms with Crippen molar-refractivity contribution >= 4 is 5.97 Å². The van der Waals surface area contributed by atoms with E-state index in [9.17, 15) is 9.90 Å². The first kappa shape index (κ1) is 11.8. The largest absolute Gasteiger partial charge is 0.481 e. The van der Waals surface area contributed by atoms with Crippen molar-refractivity contribution in [1.82, 2.24) is 9.55 Å². The van der Waals surface area contributed by atoms with E-state index >= 15 is 0 Å². The van der Waals surface area contributed by atoms with E-state index in [1.54, 1.807) is 0 Å². The number of aromatic nitrogens is 2. The molecular formula is C14H20N2O2. The first-order valence-corrected chi connectivity index (χ1v) is 7.02. The van der Waals surface area contributed by atoms with Gasteiger partial charge in [-0.2, -0.15) is 0 Å². The molecule has 0 aromatic carbocycles. The van der Waals surface area contributed by atoms with Gasteiger partial charge >= 0.3 is 5.97 Å². The van der Waals surface area contributed by atoms with Crippen molar-refractivity contribution in [2.45, 2.75) is 57.4 Å². The van der Waals surface area contributed by atoms with E-state index in [2.05, 4.69) is 9.55 Å². The zero-order valence-corrected chi connectivity index (χ0v) is 10.6. The average Bonchev–Trinajstić information content (AvgIpc) is 2.82. The van der Waals surface area contributed by atoms with E-state index < -0.39 is 5.97 Å². The second-order valence-electron chi connectivity index (χ2n) is 5.63. The highest BCUT2D eigenvalue weighted by Gasteiger charge is 2.29. The molecular weight excluding hydrogens is 228 g/mol. The lowest BCUT2D eigenvalue weighted by Gasteiger charge is -2.25. The van der Waals surface area contributed by atoms with Crippen LogP contribution in [0, 0.1) is 5.92 Å². The monoisotopic (exact) mass is 248 g/mol. The highest BCUT2D eigenvalue weighted by Crippen LogP contribution is 2.35. The van der Waals surface area contributed by atoms with E-state index in [1.807, 2.05) is 6.33 Å². The van der Waals surface area contributed by atoms with Gasteiger partial charge in [-0.1, -0.05) is 19.3 Å². The van der Waals surface area contributed by atoms with Crippen LogP contribution in [0.15, 0.2) is 6.33 Å². The number of carbonyl (C=O) groups is 1. The van der Waals surface area contributed by atoms with Crippen LogP contribution in [0.25, 0.3) is 0 Å². The molecule has 0 bridgehead atoms. The summed E-state index contributed by atoms with van der Waals surface area (Å²) in [4.78, 5) is 15.7. The molecule has 1 saturated carbocycles. The second kappa shape index (κ2) is 4.75. The number of imidazole rings is 1. The van der Waals surface area contributed by atoms with Crippen LogP contribution < -0.4 is 0 Å². The number of hydrogen-bond donors (Lipinski definition) is 1. The molecule has 0 saturated heterocycles. The molecule has 18 heavy (non-hydrogen) atoms. The number of fused-ring (bicyclic) bond motifs is 1. The van der Waals surface area contributed by atoms with Gasteiger partial charge in [0.2, 0.25) is 0 Å². The highest BCUT2D eigenvalue weighted by molar-refractivity contribution is 5.70. The summed E-state index contributed by atoms with van der Waals surface area (Å²) in [5.41, 5.74) is 2.39. The predicted molar refractivity (Wildman–Crippen MR) is 67.5 cm³/mol.